The number of cyclic esters (lactones) is 2. The van der Waals surface area contributed by atoms with Crippen LogP contribution in [-0.2, 0) is 38.1 Å². The van der Waals surface area contributed by atoms with E-state index in [9.17, 15) is 19.2 Å². The fourth-order valence-electron chi connectivity index (χ4n) is 3.12. The Labute approximate surface area is 177 Å². The third-order valence-electron chi connectivity index (χ3n) is 4.31. The minimum absolute atomic E-state index is 0.00561. The van der Waals surface area contributed by atoms with Crippen LogP contribution in [0.15, 0.2) is 16.8 Å². The van der Waals surface area contributed by atoms with E-state index in [1.54, 1.807) is 0 Å². The van der Waals surface area contributed by atoms with E-state index in [4.69, 9.17) is 35.2 Å². The molecule has 5 atom stereocenters. The number of amides is 2. The fourth-order valence-corrected chi connectivity index (χ4v) is 3.12. The Hall–Kier alpha value is -3.55. The molecule has 1 saturated heterocycles. The molecular formula is C17H25N5O9. The van der Waals surface area contributed by atoms with Gasteiger partial charge in [0.2, 0.25) is 18.1 Å². The van der Waals surface area contributed by atoms with Gasteiger partial charge in [-0.1, -0.05) is 0 Å². The fraction of sp³-hybridized carbons (Fsp3) is 0.588. The number of hydrogen-bond acceptors (Lipinski definition) is 10. The van der Waals surface area contributed by atoms with E-state index >= 15 is 0 Å². The number of guanidine groups is 1. The van der Waals surface area contributed by atoms with Crippen molar-refractivity contribution in [3.05, 3.63) is 11.8 Å². The Morgan fingerprint density at radius 2 is 2.13 bits per heavy atom. The highest BCUT2D eigenvalue weighted by atomic mass is 16.8. The normalized spacial score (nSPS) is 25.6. The number of nitrogens with one attached hydrogen (secondary N) is 2. The molecule has 2 rings (SSSR count). The van der Waals surface area contributed by atoms with E-state index < -0.39 is 48.4 Å². The molecule has 6 N–H and O–H groups in total. The summed E-state index contributed by atoms with van der Waals surface area (Å²) in [6.07, 6.45) is -2.22. The molecule has 0 bridgehead atoms. The molecule has 2 aliphatic heterocycles. The van der Waals surface area contributed by atoms with E-state index in [-0.39, 0.29) is 31.5 Å². The third kappa shape index (κ3) is 6.47. The van der Waals surface area contributed by atoms with Crippen molar-refractivity contribution >= 4 is 30.4 Å². The van der Waals surface area contributed by atoms with Crippen LogP contribution in [0, 0.1) is 0 Å². The molecule has 14 heteroatoms. The molecule has 0 aromatic rings. The second-order valence-electron chi connectivity index (χ2n) is 6.50. The van der Waals surface area contributed by atoms with Gasteiger partial charge in [0.1, 0.15) is 12.7 Å². The lowest BCUT2D eigenvalue weighted by molar-refractivity contribution is -0.151. The van der Waals surface area contributed by atoms with Crippen LogP contribution in [0.25, 0.3) is 0 Å². The number of nitrogens with two attached hydrogens (primary N) is 2. The molecule has 31 heavy (non-hydrogen) atoms. The lowest BCUT2D eigenvalue weighted by atomic mass is 9.92. The molecule has 0 spiro atoms. The van der Waals surface area contributed by atoms with Gasteiger partial charge in [0, 0.05) is 13.5 Å². The molecule has 172 valence electrons. The molecule has 0 aromatic heterocycles. The predicted molar refractivity (Wildman–Crippen MR) is 102 cm³/mol. The molecule has 1 fully saturated rings. The highest BCUT2D eigenvalue weighted by molar-refractivity contribution is 5.87. The van der Waals surface area contributed by atoms with Crippen molar-refractivity contribution in [1.29, 1.82) is 0 Å². The quantitative estimate of drug-likeness (QED) is 0.0896. The molecule has 0 aliphatic carbocycles. The van der Waals surface area contributed by atoms with Gasteiger partial charge in [0.15, 0.2) is 18.2 Å². The summed E-state index contributed by atoms with van der Waals surface area (Å²) in [4.78, 5) is 50.1. The highest BCUT2D eigenvalue weighted by Gasteiger charge is 2.48. The molecule has 0 radical (unpaired) electrons. The molecular weight excluding hydrogens is 418 g/mol. The third-order valence-corrected chi connectivity index (χ3v) is 4.31. The molecule has 0 saturated carbocycles. The highest BCUT2D eigenvalue weighted by Crippen LogP contribution is 2.29. The number of aliphatic imine (C=N–C) groups is 1. The van der Waals surface area contributed by atoms with Crippen LogP contribution in [-0.4, -0.2) is 87.7 Å². The van der Waals surface area contributed by atoms with E-state index in [2.05, 4.69) is 15.6 Å². The van der Waals surface area contributed by atoms with Crippen molar-refractivity contribution in [2.45, 2.75) is 37.3 Å². The number of nitrogens with zero attached hydrogens (tertiary/aromatic N) is 1. The maximum absolute atomic E-state index is 12.2. The van der Waals surface area contributed by atoms with Gasteiger partial charge in [-0.3, -0.25) is 9.59 Å². The van der Waals surface area contributed by atoms with Gasteiger partial charge in [0.25, 0.3) is 0 Å². The smallest absolute Gasteiger partial charge is 0.478 e. The van der Waals surface area contributed by atoms with Crippen LogP contribution in [0.1, 0.15) is 6.92 Å². The van der Waals surface area contributed by atoms with E-state index in [0.717, 1.165) is 7.11 Å². The Morgan fingerprint density at radius 1 is 1.39 bits per heavy atom. The van der Waals surface area contributed by atoms with Gasteiger partial charge < -0.3 is 45.8 Å². The van der Waals surface area contributed by atoms with Gasteiger partial charge in [-0.05, 0) is 6.08 Å². The van der Waals surface area contributed by atoms with Crippen molar-refractivity contribution < 1.29 is 42.9 Å². The van der Waals surface area contributed by atoms with E-state index in [0.29, 0.717) is 6.41 Å². The van der Waals surface area contributed by atoms with Crippen molar-refractivity contribution in [2.75, 3.05) is 26.9 Å². The number of esters is 1. The first-order valence-corrected chi connectivity index (χ1v) is 9.21. The molecule has 0 aromatic carbocycles. The van der Waals surface area contributed by atoms with Gasteiger partial charge >= 0.3 is 12.1 Å². The van der Waals surface area contributed by atoms with Gasteiger partial charge in [0.05, 0.1) is 25.8 Å². The van der Waals surface area contributed by atoms with Crippen LogP contribution >= 0.6 is 0 Å². The SMILES string of the molecule is COC(=O)C1=C[C@H](N=C(N)N)[C@@H](NC(C)=O)[C@H]([C@H](OCCNC=O)[C@H]2COC(=O)O2)O1. The minimum Gasteiger partial charge on any atom is -0.478 e. The molecule has 14 nitrogen and oxygen atoms in total. The number of methoxy groups -OCH3 is 1. The zero-order valence-electron chi connectivity index (χ0n) is 16.9. The summed E-state index contributed by atoms with van der Waals surface area (Å²) >= 11 is 0. The first-order chi connectivity index (χ1) is 14.8. The summed E-state index contributed by atoms with van der Waals surface area (Å²) in [5.74, 6) is -1.79. The molecule has 2 aliphatic rings. The predicted octanol–water partition coefficient (Wildman–Crippen LogP) is -2.74. The number of ether oxygens (including phenoxy) is 5. The zero-order chi connectivity index (χ0) is 23.0. The Morgan fingerprint density at radius 3 is 2.68 bits per heavy atom. The second kappa shape index (κ2) is 11.0. The summed E-state index contributed by atoms with van der Waals surface area (Å²) in [7, 11) is 1.16. The van der Waals surface area contributed by atoms with E-state index in [1.807, 2.05) is 0 Å². The lowest BCUT2D eigenvalue weighted by Gasteiger charge is -2.40. The summed E-state index contributed by atoms with van der Waals surface area (Å²) in [5, 5.41) is 5.09. The van der Waals surface area contributed by atoms with Crippen molar-refractivity contribution in [1.82, 2.24) is 10.6 Å². The average Bonchev–Trinajstić information content (AvgIpc) is 3.14. The molecule has 2 amide bonds. The summed E-state index contributed by atoms with van der Waals surface area (Å²) < 4.78 is 26.3. The van der Waals surface area contributed by atoms with Crippen LogP contribution in [0.4, 0.5) is 4.79 Å². The number of hydrogen-bond donors (Lipinski definition) is 4. The Balaban J connectivity index is 2.43. The van der Waals surface area contributed by atoms with Crippen molar-refractivity contribution in [3.8, 4) is 0 Å². The number of carbonyl (C=O) groups is 4. The van der Waals surface area contributed by atoms with Crippen LogP contribution in [0.3, 0.4) is 0 Å². The summed E-state index contributed by atoms with van der Waals surface area (Å²) in [6, 6.07) is -1.85. The van der Waals surface area contributed by atoms with E-state index in [1.165, 1.54) is 13.0 Å². The van der Waals surface area contributed by atoms with Crippen molar-refractivity contribution in [3.63, 3.8) is 0 Å². The standard InChI is InChI=1S/C17H25N5O9/c1-8(24)21-12-9(22-16(18)19)5-10(15(25)27-2)30-14(12)13(28-4-3-20-7-23)11-6-29-17(26)31-11/h5,7,9,11-14H,3-4,6H2,1-2H3,(H,20,23)(H,21,24)(H4,18,19,22)/t9-,11+,12+,13+,14+/m0/s1. The summed E-state index contributed by atoms with van der Waals surface area (Å²) in [5.41, 5.74) is 11.0. The minimum atomic E-state index is -1.10. The largest absolute Gasteiger partial charge is 0.508 e. The average molecular weight is 443 g/mol. The summed E-state index contributed by atoms with van der Waals surface area (Å²) in [6.45, 7) is 1.23. The van der Waals surface area contributed by atoms with Crippen LogP contribution in [0.5, 0.6) is 0 Å². The maximum Gasteiger partial charge on any atom is 0.508 e. The monoisotopic (exact) mass is 443 g/mol. The van der Waals surface area contributed by atoms with Gasteiger partial charge in [-0.25, -0.2) is 14.6 Å². The molecule has 2 heterocycles. The first-order valence-electron chi connectivity index (χ1n) is 9.21. The Kier molecular flexibility index (Phi) is 8.43. The van der Waals surface area contributed by atoms with Crippen LogP contribution in [0.2, 0.25) is 0 Å². The number of rotatable bonds is 10. The lowest BCUT2D eigenvalue weighted by Crippen LogP contribution is -2.60. The maximum atomic E-state index is 12.2. The van der Waals surface area contributed by atoms with Gasteiger partial charge in [-0.15, -0.1) is 0 Å². The zero-order valence-corrected chi connectivity index (χ0v) is 16.9. The Bertz CT molecular complexity index is 752. The van der Waals surface area contributed by atoms with Gasteiger partial charge in [-0.2, -0.15) is 0 Å². The molecule has 0 unspecified atom stereocenters. The van der Waals surface area contributed by atoms with Crippen molar-refractivity contribution in [2.24, 2.45) is 16.5 Å². The second-order valence-corrected chi connectivity index (χ2v) is 6.50. The van der Waals surface area contributed by atoms with Crippen LogP contribution < -0.4 is 22.1 Å². The number of carbonyl (C=O) groups excluding carboxylic acids is 4. The topological polar surface area (TPSA) is 203 Å². The first kappa shape index (κ1) is 23.7.